The Bertz CT molecular complexity index is 1130. The number of carbonyl (C=O) groups excluding carboxylic acids is 1. The van der Waals surface area contributed by atoms with E-state index < -0.39 is 0 Å². The van der Waals surface area contributed by atoms with Gasteiger partial charge in [-0.25, -0.2) is 4.68 Å². The molecular weight excluding hydrogens is 402 g/mol. The van der Waals surface area contributed by atoms with Crippen molar-refractivity contribution >= 4 is 16.7 Å². The third kappa shape index (κ3) is 5.01. The van der Waals surface area contributed by atoms with Crippen molar-refractivity contribution in [3.05, 3.63) is 70.1 Å². The minimum atomic E-state index is -0.204. The molecule has 0 saturated carbocycles. The normalized spacial score (nSPS) is 14.6. The third-order valence-corrected chi connectivity index (χ3v) is 6.38. The Labute approximate surface area is 188 Å². The predicted octanol–water partition coefficient (Wildman–Crippen LogP) is 3.98. The fourth-order valence-electron chi connectivity index (χ4n) is 4.50. The molecule has 1 fully saturated rings. The Morgan fingerprint density at radius 2 is 1.75 bits per heavy atom. The van der Waals surface area contributed by atoms with Gasteiger partial charge in [0.15, 0.2) is 0 Å². The zero-order valence-corrected chi connectivity index (χ0v) is 18.9. The number of rotatable bonds is 7. The number of ether oxygens (including phenoxy) is 1. The van der Waals surface area contributed by atoms with Crippen LogP contribution in [0, 0.1) is 12.8 Å². The molecular formula is C26H31N3O3. The van der Waals surface area contributed by atoms with E-state index in [0.717, 1.165) is 55.6 Å². The van der Waals surface area contributed by atoms with Gasteiger partial charge < -0.3 is 9.64 Å². The molecule has 4 rings (SSSR count). The number of likely N-dealkylation sites (tertiary alicyclic amines) is 1. The van der Waals surface area contributed by atoms with Crippen LogP contribution >= 0.6 is 0 Å². The Kier molecular flexibility index (Phi) is 6.88. The van der Waals surface area contributed by atoms with Crippen LogP contribution in [0.5, 0.6) is 5.75 Å². The number of amides is 1. The summed E-state index contributed by atoms with van der Waals surface area (Å²) in [6.45, 7) is 6.03. The van der Waals surface area contributed by atoms with E-state index in [9.17, 15) is 9.59 Å². The van der Waals surface area contributed by atoms with Crippen molar-refractivity contribution in [3.63, 3.8) is 0 Å². The van der Waals surface area contributed by atoms with E-state index in [4.69, 9.17) is 4.74 Å². The van der Waals surface area contributed by atoms with E-state index in [1.807, 2.05) is 49.1 Å². The summed E-state index contributed by atoms with van der Waals surface area (Å²) in [4.78, 5) is 27.5. The van der Waals surface area contributed by atoms with Crippen molar-refractivity contribution in [1.82, 2.24) is 14.7 Å². The Morgan fingerprint density at radius 1 is 1.06 bits per heavy atom. The molecule has 0 aliphatic carbocycles. The van der Waals surface area contributed by atoms with Crippen LogP contribution in [0.15, 0.2) is 53.3 Å². The van der Waals surface area contributed by atoms with Crippen molar-refractivity contribution < 1.29 is 9.53 Å². The standard InChI is InChI=1S/C26H31N3O3/c1-3-32-22-12-10-20(11-13-22)8-9-21-14-16-28(17-15-21)25(30)18-29-26(31)24-7-5-4-6-23(24)19(2)27-29/h4-7,10-13,21H,3,8-9,14-18H2,1-2H3. The van der Waals surface area contributed by atoms with Crippen LogP contribution < -0.4 is 10.3 Å². The van der Waals surface area contributed by atoms with Crippen molar-refractivity contribution in [2.75, 3.05) is 19.7 Å². The summed E-state index contributed by atoms with van der Waals surface area (Å²) in [5.41, 5.74) is 1.88. The molecule has 2 aromatic carbocycles. The topological polar surface area (TPSA) is 64.4 Å². The van der Waals surface area contributed by atoms with E-state index in [0.29, 0.717) is 17.9 Å². The predicted molar refractivity (Wildman–Crippen MR) is 126 cm³/mol. The number of fused-ring (bicyclic) bond motifs is 1. The zero-order valence-electron chi connectivity index (χ0n) is 18.9. The SMILES string of the molecule is CCOc1ccc(CCC2CCN(C(=O)Cn3nc(C)c4ccccc4c3=O)CC2)cc1. The molecule has 0 unspecified atom stereocenters. The summed E-state index contributed by atoms with van der Waals surface area (Å²) in [7, 11) is 0. The maximum absolute atomic E-state index is 12.9. The summed E-state index contributed by atoms with van der Waals surface area (Å²) in [5.74, 6) is 1.51. The van der Waals surface area contributed by atoms with Gasteiger partial charge in [0, 0.05) is 18.5 Å². The first-order valence-corrected chi connectivity index (χ1v) is 11.5. The maximum Gasteiger partial charge on any atom is 0.275 e. The molecule has 2 heterocycles. The molecule has 0 bridgehead atoms. The van der Waals surface area contributed by atoms with Gasteiger partial charge in [-0.2, -0.15) is 5.10 Å². The molecule has 0 spiro atoms. The summed E-state index contributed by atoms with van der Waals surface area (Å²) < 4.78 is 6.82. The molecule has 0 radical (unpaired) electrons. The Balaban J connectivity index is 1.30. The number of hydrogen-bond donors (Lipinski definition) is 0. The quantitative estimate of drug-likeness (QED) is 0.565. The molecule has 1 saturated heterocycles. The number of nitrogens with zero attached hydrogens (tertiary/aromatic N) is 3. The molecule has 1 amide bonds. The first-order valence-electron chi connectivity index (χ1n) is 11.5. The molecule has 3 aromatic rings. The molecule has 6 nitrogen and oxygen atoms in total. The second-order valence-electron chi connectivity index (χ2n) is 8.53. The molecule has 0 N–H and O–H groups in total. The van der Waals surface area contributed by atoms with Crippen LogP contribution in [0.3, 0.4) is 0 Å². The van der Waals surface area contributed by atoms with Gasteiger partial charge in [-0.1, -0.05) is 30.3 Å². The smallest absolute Gasteiger partial charge is 0.275 e. The highest BCUT2D eigenvalue weighted by Gasteiger charge is 2.23. The van der Waals surface area contributed by atoms with E-state index in [-0.39, 0.29) is 18.0 Å². The van der Waals surface area contributed by atoms with E-state index in [1.54, 1.807) is 6.07 Å². The van der Waals surface area contributed by atoms with Crippen LogP contribution in [-0.2, 0) is 17.8 Å². The van der Waals surface area contributed by atoms with Gasteiger partial charge in [-0.3, -0.25) is 9.59 Å². The number of aromatic nitrogens is 2. The van der Waals surface area contributed by atoms with Gasteiger partial charge in [-0.05, 0) is 69.2 Å². The molecule has 1 aliphatic heterocycles. The number of carbonyl (C=O) groups is 1. The molecule has 1 aliphatic rings. The van der Waals surface area contributed by atoms with E-state index in [2.05, 4.69) is 17.2 Å². The van der Waals surface area contributed by atoms with E-state index >= 15 is 0 Å². The van der Waals surface area contributed by atoms with Crippen LogP contribution in [-0.4, -0.2) is 40.3 Å². The number of aryl methyl sites for hydroxylation is 2. The monoisotopic (exact) mass is 433 g/mol. The van der Waals surface area contributed by atoms with Gasteiger partial charge in [-0.15, -0.1) is 0 Å². The largest absolute Gasteiger partial charge is 0.494 e. The van der Waals surface area contributed by atoms with Crippen molar-refractivity contribution in [2.24, 2.45) is 5.92 Å². The zero-order chi connectivity index (χ0) is 22.5. The van der Waals surface area contributed by atoms with Crippen molar-refractivity contribution in [1.29, 1.82) is 0 Å². The van der Waals surface area contributed by atoms with Crippen LogP contribution in [0.4, 0.5) is 0 Å². The molecule has 168 valence electrons. The van der Waals surface area contributed by atoms with Crippen molar-refractivity contribution in [3.8, 4) is 5.75 Å². The third-order valence-electron chi connectivity index (χ3n) is 6.38. The highest BCUT2D eigenvalue weighted by molar-refractivity contribution is 5.83. The molecule has 32 heavy (non-hydrogen) atoms. The lowest BCUT2D eigenvalue weighted by Gasteiger charge is -2.32. The molecule has 0 atom stereocenters. The lowest BCUT2D eigenvalue weighted by Crippen LogP contribution is -2.42. The first kappa shape index (κ1) is 22.1. The second kappa shape index (κ2) is 9.98. The Hall–Kier alpha value is -3.15. The number of benzene rings is 2. The van der Waals surface area contributed by atoms with Gasteiger partial charge >= 0.3 is 0 Å². The second-order valence-corrected chi connectivity index (χ2v) is 8.53. The number of hydrogen-bond acceptors (Lipinski definition) is 4. The average molecular weight is 434 g/mol. The average Bonchev–Trinajstić information content (AvgIpc) is 2.82. The summed E-state index contributed by atoms with van der Waals surface area (Å²) in [6.07, 6.45) is 4.17. The highest BCUT2D eigenvalue weighted by atomic mass is 16.5. The first-order chi connectivity index (χ1) is 15.5. The van der Waals surface area contributed by atoms with E-state index in [1.165, 1.54) is 10.2 Å². The van der Waals surface area contributed by atoms with Crippen LogP contribution in [0.1, 0.15) is 37.4 Å². The van der Waals surface area contributed by atoms with Gasteiger partial charge in [0.25, 0.3) is 5.56 Å². The maximum atomic E-state index is 12.9. The molecule has 6 heteroatoms. The lowest BCUT2D eigenvalue weighted by atomic mass is 9.90. The Morgan fingerprint density at radius 3 is 2.44 bits per heavy atom. The minimum absolute atomic E-state index is 0.00134. The van der Waals surface area contributed by atoms with Crippen molar-refractivity contribution in [2.45, 2.75) is 46.1 Å². The highest BCUT2D eigenvalue weighted by Crippen LogP contribution is 2.23. The summed E-state index contributed by atoms with van der Waals surface area (Å²) in [6, 6.07) is 15.8. The van der Waals surface area contributed by atoms with Crippen LogP contribution in [0.2, 0.25) is 0 Å². The molecule has 1 aromatic heterocycles. The number of piperidine rings is 1. The summed E-state index contributed by atoms with van der Waals surface area (Å²) >= 11 is 0. The fourth-order valence-corrected chi connectivity index (χ4v) is 4.50. The lowest BCUT2D eigenvalue weighted by molar-refractivity contribution is -0.133. The van der Waals surface area contributed by atoms with Gasteiger partial charge in [0.2, 0.25) is 5.91 Å². The van der Waals surface area contributed by atoms with Gasteiger partial charge in [0.1, 0.15) is 12.3 Å². The fraction of sp³-hybridized carbons (Fsp3) is 0.423. The summed E-state index contributed by atoms with van der Waals surface area (Å²) in [5, 5.41) is 5.83. The van der Waals surface area contributed by atoms with Gasteiger partial charge in [0.05, 0.1) is 17.7 Å². The minimum Gasteiger partial charge on any atom is -0.494 e. The van der Waals surface area contributed by atoms with Crippen LogP contribution in [0.25, 0.3) is 10.8 Å².